The largest absolute Gasteiger partial charge is 0.461 e. The van der Waals surface area contributed by atoms with Crippen LogP contribution in [0.4, 0.5) is 5.00 Å². The zero-order valence-electron chi connectivity index (χ0n) is 16.9. The van der Waals surface area contributed by atoms with Crippen molar-refractivity contribution < 1.29 is 14.3 Å². The number of ether oxygens (including phenoxy) is 1. The number of benzene rings is 2. The molecule has 2 heterocycles. The fourth-order valence-corrected chi connectivity index (χ4v) is 4.66. The lowest BCUT2D eigenvalue weighted by Gasteiger charge is -2.10. The van der Waals surface area contributed by atoms with Crippen molar-refractivity contribution in [2.75, 3.05) is 11.9 Å². The number of anilines is 1. The van der Waals surface area contributed by atoms with Crippen LogP contribution < -0.4 is 10.9 Å². The number of aromatic nitrogens is 2. The molecule has 0 unspecified atom stereocenters. The predicted molar refractivity (Wildman–Crippen MR) is 133 cm³/mol. The van der Waals surface area contributed by atoms with Crippen molar-refractivity contribution in [3.8, 4) is 5.69 Å². The van der Waals surface area contributed by atoms with Crippen LogP contribution in [0, 0.1) is 0 Å². The van der Waals surface area contributed by atoms with Crippen molar-refractivity contribution in [1.29, 1.82) is 0 Å². The molecule has 4 rings (SSSR count). The molecule has 4 aromatic rings. The molecule has 1 N–H and O–H groups in total. The first-order valence-electron chi connectivity index (χ1n) is 9.54. The minimum Gasteiger partial charge on any atom is -0.461 e. The summed E-state index contributed by atoms with van der Waals surface area (Å²) in [6.07, 6.45) is 0. The lowest BCUT2D eigenvalue weighted by Crippen LogP contribution is -2.25. The van der Waals surface area contributed by atoms with Gasteiger partial charge in [0.25, 0.3) is 11.5 Å². The van der Waals surface area contributed by atoms with Gasteiger partial charge in [0.1, 0.15) is 5.00 Å². The summed E-state index contributed by atoms with van der Waals surface area (Å²) >= 11 is 16.6. The molecule has 0 aliphatic heterocycles. The number of carbonyl (C=O) groups excluding carboxylic acids is 2. The molecule has 1 amide bonds. The quantitative estimate of drug-likeness (QED) is 0.302. The molecule has 0 bridgehead atoms. The van der Waals surface area contributed by atoms with Crippen molar-refractivity contribution in [3.05, 3.63) is 84.0 Å². The maximum atomic E-state index is 13.4. The second-order valence-corrected chi connectivity index (χ2v) is 9.33. The van der Waals surface area contributed by atoms with Crippen LogP contribution >= 0.6 is 50.5 Å². The van der Waals surface area contributed by atoms with Crippen LogP contribution in [-0.2, 0) is 4.74 Å². The van der Waals surface area contributed by atoms with E-state index in [1.54, 1.807) is 42.6 Å². The summed E-state index contributed by atoms with van der Waals surface area (Å²) in [5.41, 5.74) is 0.0525. The van der Waals surface area contributed by atoms with E-state index in [0.717, 1.165) is 20.5 Å². The summed E-state index contributed by atoms with van der Waals surface area (Å²) in [5, 5.41) is 9.76. The molecule has 2 aromatic carbocycles. The Balaban J connectivity index is 1.89. The maximum absolute atomic E-state index is 13.4. The lowest BCUT2D eigenvalue weighted by atomic mass is 10.2. The van der Waals surface area contributed by atoms with Gasteiger partial charge in [0.05, 0.1) is 28.3 Å². The average Bonchev–Trinajstić information content (AvgIpc) is 3.20. The Morgan fingerprint density at radius 1 is 1.18 bits per heavy atom. The molecular formula is C22H14BrCl2N3O4S. The van der Waals surface area contributed by atoms with E-state index in [2.05, 4.69) is 26.3 Å². The highest BCUT2D eigenvalue weighted by Crippen LogP contribution is 2.32. The topological polar surface area (TPSA) is 90.3 Å². The van der Waals surface area contributed by atoms with E-state index < -0.39 is 17.4 Å². The summed E-state index contributed by atoms with van der Waals surface area (Å²) in [5.74, 6) is -1.22. The van der Waals surface area contributed by atoms with E-state index in [-0.39, 0.29) is 38.7 Å². The third-order valence-electron chi connectivity index (χ3n) is 4.59. The number of hydrogen-bond acceptors (Lipinski definition) is 6. The second-order valence-electron chi connectivity index (χ2n) is 6.69. The second kappa shape index (κ2) is 9.64. The number of nitrogens with one attached hydrogen (secondary N) is 1. The summed E-state index contributed by atoms with van der Waals surface area (Å²) in [4.78, 5) is 38.9. The van der Waals surface area contributed by atoms with Gasteiger partial charge in [0.2, 0.25) is 0 Å². The number of nitrogens with zero attached hydrogens (tertiary/aromatic N) is 2. The maximum Gasteiger partial charge on any atom is 0.359 e. The van der Waals surface area contributed by atoms with E-state index >= 15 is 0 Å². The molecular weight excluding hydrogens is 553 g/mol. The number of halogens is 3. The number of fused-ring (bicyclic) bond motifs is 1. The van der Waals surface area contributed by atoms with Gasteiger partial charge in [0, 0.05) is 20.3 Å². The fraction of sp³-hybridized carbons (Fsp3) is 0.0909. The Kier molecular flexibility index (Phi) is 6.85. The van der Waals surface area contributed by atoms with Crippen LogP contribution in [0.25, 0.3) is 16.5 Å². The number of rotatable bonds is 5. The molecule has 0 atom stereocenters. The van der Waals surface area contributed by atoms with Gasteiger partial charge in [-0.05, 0) is 49.4 Å². The van der Waals surface area contributed by atoms with Crippen LogP contribution in [-0.4, -0.2) is 28.3 Å². The molecule has 0 radical (unpaired) electrons. The smallest absolute Gasteiger partial charge is 0.359 e. The first-order valence-corrected chi connectivity index (χ1v) is 12.0. The van der Waals surface area contributed by atoms with Crippen molar-refractivity contribution in [1.82, 2.24) is 9.78 Å². The normalized spacial score (nSPS) is 10.9. The molecule has 0 spiro atoms. The summed E-state index contributed by atoms with van der Waals surface area (Å²) in [6.45, 7) is 1.81. The zero-order valence-corrected chi connectivity index (χ0v) is 20.8. The minimum absolute atomic E-state index is 0.0353. The molecule has 0 fully saturated rings. The van der Waals surface area contributed by atoms with Crippen LogP contribution in [0.2, 0.25) is 10.0 Å². The Labute approximate surface area is 210 Å². The predicted octanol–water partition coefficient (Wildman–Crippen LogP) is 5.95. The van der Waals surface area contributed by atoms with Crippen LogP contribution in [0.5, 0.6) is 0 Å². The van der Waals surface area contributed by atoms with Gasteiger partial charge in [-0.2, -0.15) is 9.78 Å². The molecule has 2 aromatic heterocycles. The summed E-state index contributed by atoms with van der Waals surface area (Å²) in [7, 11) is 0. The lowest BCUT2D eigenvalue weighted by molar-refractivity contribution is 0.0520. The van der Waals surface area contributed by atoms with Crippen molar-refractivity contribution in [2.24, 2.45) is 0 Å². The van der Waals surface area contributed by atoms with Crippen molar-refractivity contribution >= 4 is 78.1 Å². The number of thiophene rings is 1. The summed E-state index contributed by atoms with van der Waals surface area (Å²) in [6, 6.07) is 11.3. The van der Waals surface area contributed by atoms with Gasteiger partial charge in [-0.25, -0.2) is 4.79 Å². The molecule has 0 saturated carbocycles. The van der Waals surface area contributed by atoms with Gasteiger partial charge in [-0.3, -0.25) is 9.59 Å². The molecule has 0 saturated heterocycles. The Morgan fingerprint density at radius 3 is 2.61 bits per heavy atom. The molecule has 0 aliphatic rings. The Hall–Kier alpha value is -2.72. The van der Waals surface area contributed by atoms with Gasteiger partial charge in [-0.1, -0.05) is 39.1 Å². The van der Waals surface area contributed by atoms with Crippen molar-refractivity contribution in [2.45, 2.75) is 6.92 Å². The first kappa shape index (κ1) is 23.4. The van der Waals surface area contributed by atoms with Crippen LogP contribution in [0.1, 0.15) is 27.8 Å². The van der Waals surface area contributed by atoms with E-state index in [9.17, 15) is 14.4 Å². The van der Waals surface area contributed by atoms with Crippen LogP contribution in [0.3, 0.4) is 0 Å². The highest BCUT2D eigenvalue weighted by molar-refractivity contribution is 9.10. The molecule has 33 heavy (non-hydrogen) atoms. The molecule has 168 valence electrons. The highest BCUT2D eigenvalue weighted by Gasteiger charge is 2.24. The third-order valence-corrected chi connectivity index (χ3v) is 6.58. The number of carbonyl (C=O) groups is 2. The molecule has 11 heteroatoms. The van der Waals surface area contributed by atoms with Gasteiger partial charge < -0.3 is 10.1 Å². The van der Waals surface area contributed by atoms with E-state index in [0.29, 0.717) is 10.7 Å². The van der Waals surface area contributed by atoms with Gasteiger partial charge in [0.15, 0.2) is 5.69 Å². The monoisotopic (exact) mass is 565 g/mol. The standard InChI is InChI=1S/C22H14BrCl2N3O4S/c1-2-32-22(31)18-15-10-33-20(26-19(29)14-9-12(24)5-8-16(14)25)17(15)21(30)28(27-18)13-6-3-11(23)4-7-13/h3-10H,2H2,1H3,(H,26,29). The summed E-state index contributed by atoms with van der Waals surface area (Å²) < 4.78 is 7.06. The van der Waals surface area contributed by atoms with E-state index in [1.807, 2.05) is 0 Å². The Morgan fingerprint density at radius 2 is 1.91 bits per heavy atom. The number of amides is 1. The molecule has 7 nitrogen and oxygen atoms in total. The van der Waals surface area contributed by atoms with Gasteiger partial charge in [-0.15, -0.1) is 11.3 Å². The van der Waals surface area contributed by atoms with Crippen molar-refractivity contribution in [3.63, 3.8) is 0 Å². The molecule has 0 aliphatic carbocycles. The van der Waals surface area contributed by atoms with E-state index in [4.69, 9.17) is 27.9 Å². The number of hydrogen-bond donors (Lipinski definition) is 1. The van der Waals surface area contributed by atoms with E-state index in [1.165, 1.54) is 12.1 Å². The Bertz CT molecular complexity index is 1450. The number of esters is 1. The first-order chi connectivity index (χ1) is 15.8. The fourth-order valence-electron chi connectivity index (χ4n) is 3.09. The average molecular weight is 567 g/mol. The zero-order chi connectivity index (χ0) is 23.7. The van der Waals surface area contributed by atoms with Gasteiger partial charge >= 0.3 is 5.97 Å². The highest BCUT2D eigenvalue weighted by atomic mass is 79.9. The SMILES string of the molecule is CCOC(=O)c1nn(-c2ccc(Br)cc2)c(=O)c2c(NC(=O)c3cc(Cl)ccc3Cl)scc12. The van der Waals surface area contributed by atoms with Crippen LogP contribution in [0.15, 0.2) is 57.1 Å². The minimum atomic E-state index is -0.679. The third kappa shape index (κ3) is 4.67.